The fourth-order valence-electron chi connectivity index (χ4n) is 2.52. The summed E-state index contributed by atoms with van der Waals surface area (Å²) in [6, 6.07) is 0. The molecule has 1 atom stereocenters. The van der Waals surface area contributed by atoms with Crippen LogP contribution in [0.5, 0.6) is 0 Å². The van der Waals surface area contributed by atoms with Crippen LogP contribution in [0.1, 0.15) is 33.1 Å². The molecule has 0 spiro atoms. The smallest absolute Gasteiger partial charge is 0.0200 e. The largest absolute Gasteiger partial charge is 0.380 e. The molecule has 0 aromatic carbocycles. The van der Waals surface area contributed by atoms with E-state index in [-0.39, 0.29) is 0 Å². The molecule has 0 aromatic heterocycles. The van der Waals surface area contributed by atoms with Gasteiger partial charge in [0.25, 0.3) is 0 Å². The van der Waals surface area contributed by atoms with Crippen molar-refractivity contribution in [1.82, 2.24) is 4.90 Å². The lowest BCUT2D eigenvalue weighted by atomic mass is 9.68. The lowest BCUT2D eigenvalue weighted by Gasteiger charge is -2.43. The Bertz CT molecular complexity index is 215. The monoisotopic (exact) mass is 165 g/mol. The number of allylic oxidation sites excluding steroid dienone is 1. The molecular weight excluding hydrogens is 146 g/mol. The Kier molecular flexibility index (Phi) is 1.71. The second kappa shape index (κ2) is 2.51. The van der Waals surface area contributed by atoms with E-state index in [1.165, 1.54) is 25.8 Å². The molecule has 1 heterocycles. The van der Waals surface area contributed by atoms with Crippen LogP contribution in [-0.4, -0.2) is 18.5 Å². The molecule has 0 amide bonds. The summed E-state index contributed by atoms with van der Waals surface area (Å²) in [5.74, 6) is 0.947. The van der Waals surface area contributed by atoms with Crippen LogP contribution < -0.4 is 0 Å². The summed E-state index contributed by atoms with van der Waals surface area (Å²) in [6.45, 7) is 6.04. The van der Waals surface area contributed by atoms with E-state index in [2.05, 4.69) is 32.0 Å². The summed E-state index contributed by atoms with van der Waals surface area (Å²) in [5, 5.41) is 0. The number of hydrogen-bond acceptors (Lipinski definition) is 1. The first kappa shape index (κ1) is 8.15. The third-order valence-corrected chi connectivity index (χ3v) is 3.48. The van der Waals surface area contributed by atoms with Gasteiger partial charge in [-0.1, -0.05) is 13.8 Å². The third kappa shape index (κ3) is 1.26. The standard InChI is InChI=1S/C11H19N/c1-11(2)5-4-9-6-10(11)8-12(3)7-9/h8-9H,4-7H2,1-3H3. The van der Waals surface area contributed by atoms with E-state index in [0.29, 0.717) is 5.41 Å². The highest BCUT2D eigenvalue weighted by Crippen LogP contribution is 2.44. The van der Waals surface area contributed by atoms with Gasteiger partial charge in [-0.25, -0.2) is 0 Å². The molecular formula is C11H19N. The van der Waals surface area contributed by atoms with Crippen molar-refractivity contribution in [3.8, 4) is 0 Å². The van der Waals surface area contributed by atoms with Crippen LogP contribution >= 0.6 is 0 Å². The molecule has 1 unspecified atom stereocenters. The highest BCUT2D eigenvalue weighted by molar-refractivity contribution is 5.17. The van der Waals surface area contributed by atoms with Gasteiger partial charge in [-0.05, 0) is 42.4 Å². The van der Waals surface area contributed by atoms with Gasteiger partial charge >= 0.3 is 0 Å². The zero-order valence-corrected chi connectivity index (χ0v) is 8.43. The van der Waals surface area contributed by atoms with Crippen molar-refractivity contribution in [2.45, 2.75) is 33.1 Å². The first-order chi connectivity index (χ1) is 5.58. The van der Waals surface area contributed by atoms with Crippen LogP contribution in [0.3, 0.4) is 0 Å². The van der Waals surface area contributed by atoms with Gasteiger partial charge in [0.05, 0.1) is 0 Å². The summed E-state index contributed by atoms with van der Waals surface area (Å²) in [7, 11) is 2.20. The van der Waals surface area contributed by atoms with Gasteiger partial charge in [0.2, 0.25) is 0 Å². The Hall–Kier alpha value is -0.460. The Morgan fingerprint density at radius 1 is 1.50 bits per heavy atom. The zero-order valence-electron chi connectivity index (χ0n) is 8.43. The van der Waals surface area contributed by atoms with Gasteiger partial charge < -0.3 is 4.90 Å². The lowest BCUT2D eigenvalue weighted by Crippen LogP contribution is -2.35. The van der Waals surface area contributed by atoms with Crippen molar-refractivity contribution in [2.75, 3.05) is 13.6 Å². The average Bonchev–Trinajstić information content (AvgIpc) is 1.98. The summed E-state index contributed by atoms with van der Waals surface area (Å²) < 4.78 is 0. The molecule has 1 fully saturated rings. The van der Waals surface area contributed by atoms with Gasteiger partial charge in [0, 0.05) is 13.6 Å². The summed E-state index contributed by atoms with van der Waals surface area (Å²) in [5.41, 5.74) is 2.15. The van der Waals surface area contributed by atoms with Crippen LogP contribution in [0.4, 0.5) is 0 Å². The van der Waals surface area contributed by atoms with Crippen LogP contribution in [-0.2, 0) is 0 Å². The SMILES string of the molecule is CN1C=C2CC(CCC2(C)C)C1. The van der Waals surface area contributed by atoms with E-state index in [9.17, 15) is 0 Å². The van der Waals surface area contributed by atoms with Gasteiger partial charge in [-0.15, -0.1) is 0 Å². The summed E-state index contributed by atoms with van der Waals surface area (Å²) >= 11 is 0. The second-order valence-corrected chi connectivity index (χ2v) is 5.09. The maximum Gasteiger partial charge on any atom is 0.0200 e. The number of hydrogen-bond donors (Lipinski definition) is 0. The van der Waals surface area contributed by atoms with Crippen molar-refractivity contribution in [3.05, 3.63) is 11.8 Å². The van der Waals surface area contributed by atoms with Crippen molar-refractivity contribution in [1.29, 1.82) is 0 Å². The highest BCUT2D eigenvalue weighted by Gasteiger charge is 2.34. The quantitative estimate of drug-likeness (QED) is 0.533. The molecule has 1 heteroatoms. The van der Waals surface area contributed by atoms with Crippen molar-refractivity contribution >= 4 is 0 Å². The molecule has 2 aliphatic rings. The minimum Gasteiger partial charge on any atom is -0.380 e. The van der Waals surface area contributed by atoms with E-state index < -0.39 is 0 Å². The molecule has 1 aliphatic heterocycles. The fraction of sp³-hybridized carbons (Fsp3) is 0.818. The van der Waals surface area contributed by atoms with E-state index in [1.807, 2.05) is 0 Å². The minimum atomic E-state index is 0.477. The van der Waals surface area contributed by atoms with Gasteiger partial charge in [-0.2, -0.15) is 0 Å². The normalized spacial score (nSPS) is 33.1. The molecule has 68 valence electrons. The molecule has 0 N–H and O–H groups in total. The Balaban J connectivity index is 2.27. The molecule has 0 radical (unpaired) electrons. The number of nitrogens with zero attached hydrogens (tertiary/aromatic N) is 1. The predicted molar refractivity (Wildman–Crippen MR) is 51.8 cm³/mol. The van der Waals surface area contributed by atoms with Crippen LogP contribution in [0.2, 0.25) is 0 Å². The zero-order chi connectivity index (χ0) is 8.77. The van der Waals surface area contributed by atoms with E-state index in [4.69, 9.17) is 0 Å². The van der Waals surface area contributed by atoms with Crippen LogP contribution in [0, 0.1) is 11.3 Å². The average molecular weight is 165 g/mol. The van der Waals surface area contributed by atoms with Crippen molar-refractivity contribution in [3.63, 3.8) is 0 Å². The Labute approximate surface area is 75.4 Å². The first-order valence-electron chi connectivity index (χ1n) is 4.99. The maximum absolute atomic E-state index is 2.38. The van der Waals surface area contributed by atoms with Crippen molar-refractivity contribution < 1.29 is 0 Å². The molecule has 2 rings (SSSR count). The molecule has 12 heavy (non-hydrogen) atoms. The maximum atomic E-state index is 2.38. The van der Waals surface area contributed by atoms with Crippen LogP contribution in [0.15, 0.2) is 11.8 Å². The second-order valence-electron chi connectivity index (χ2n) is 5.09. The van der Waals surface area contributed by atoms with Gasteiger partial charge in [-0.3, -0.25) is 0 Å². The fourth-order valence-corrected chi connectivity index (χ4v) is 2.52. The molecule has 2 bridgehead atoms. The Morgan fingerprint density at radius 3 is 3.00 bits per heavy atom. The minimum absolute atomic E-state index is 0.477. The topological polar surface area (TPSA) is 3.24 Å². The first-order valence-corrected chi connectivity index (χ1v) is 4.99. The van der Waals surface area contributed by atoms with Crippen LogP contribution in [0.25, 0.3) is 0 Å². The van der Waals surface area contributed by atoms with E-state index >= 15 is 0 Å². The van der Waals surface area contributed by atoms with E-state index in [0.717, 1.165) is 5.92 Å². The Morgan fingerprint density at radius 2 is 2.25 bits per heavy atom. The van der Waals surface area contributed by atoms with Gasteiger partial charge in [0.1, 0.15) is 0 Å². The van der Waals surface area contributed by atoms with Crippen molar-refractivity contribution in [2.24, 2.45) is 11.3 Å². The molecule has 1 aliphatic carbocycles. The molecule has 0 saturated heterocycles. The third-order valence-electron chi connectivity index (χ3n) is 3.48. The summed E-state index contributed by atoms with van der Waals surface area (Å²) in [6.07, 6.45) is 6.54. The number of fused-ring (bicyclic) bond motifs is 2. The van der Waals surface area contributed by atoms with E-state index in [1.54, 1.807) is 5.57 Å². The lowest BCUT2D eigenvalue weighted by molar-refractivity contribution is 0.203. The number of rotatable bonds is 0. The molecule has 1 nitrogen and oxygen atoms in total. The summed E-state index contributed by atoms with van der Waals surface area (Å²) in [4.78, 5) is 2.37. The molecule has 1 saturated carbocycles. The highest BCUT2D eigenvalue weighted by atomic mass is 15.1. The molecule has 0 aromatic rings. The predicted octanol–water partition coefficient (Wildman–Crippen LogP) is 2.64. The van der Waals surface area contributed by atoms with Gasteiger partial charge in [0.15, 0.2) is 0 Å².